The van der Waals surface area contributed by atoms with Crippen molar-refractivity contribution in [3.8, 4) is 0 Å². The Morgan fingerprint density at radius 2 is 2.24 bits per heavy atom. The van der Waals surface area contributed by atoms with E-state index in [-0.39, 0.29) is 12.4 Å². The average Bonchev–Trinajstić information content (AvgIpc) is 2.87. The molecule has 5 nitrogen and oxygen atoms in total. The minimum Gasteiger partial charge on any atom is -0.361 e. The topological polar surface area (TPSA) is 66.7 Å². The van der Waals surface area contributed by atoms with Gasteiger partial charge in [0.05, 0.1) is 12.2 Å². The molecular weight excluding hydrogens is 240 g/mol. The summed E-state index contributed by atoms with van der Waals surface area (Å²) in [7, 11) is 0. The number of aromatic amines is 1. The molecule has 0 amide bonds. The summed E-state index contributed by atoms with van der Waals surface area (Å²) in [6.07, 6.45) is 4.51. The quantitative estimate of drug-likeness (QED) is 0.800. The summed E-state index contributed by atoms with van der Waals surface area (Å²) in [6.45, 7) is 5.57. The predicted molar refractivity (Wildman–Crippen MR) is 67.2 cm³/mol. The molecule has 0 saturated heterocycles. The van der Waals surface area contributed by atoms with Gasteiger partial charge in [-0.1, -0.05) is 5.16 Å². The second kappa shape index (κ2) is 6.42. The predicted octanol–water partition coefficient (Wildman–Crippen LogP) is 1.77. The molecule has 0 spiro atoms. The van der Waals surface area contributed by atoms with Gasteiger partial charge >= 0.3 is 0 Å². The van der Waals surface area contributed by atoms with Crippen LogP contribution in [0.5, 0.6) is 0 Å². The maximum atomic E-state index is 5.10. The van der Waals surface area contributed by atoms with Crippen molar-refractivity contribution in [2.45, 2.75) is 26.8 Å². The zero-order valence-electron chi connectivity index (χ0n) is 9.99. The molecule has 6 heteroatoms. The van der Waals surface area contributed by atoms with Gasteiger partial charge in [-0.25, -0.2) is 4.98 Å². The number of H-pyrrole nitrogens is 1. The number of halogens is 1. The van der Waals surface area contributed by atoms with Crippen LogP contribution in [0.2, 0.25) is 0 Å². The molecule has 2 heterocycles. The molecule has 2 aromatic rings. The van der Waals surface area contributed by atoms with E-state index in [1.54, 1.807) is 6.20 Å². The molecule has 0 bridgehead atoms. The molecule has 2 rings (SSSR count). The molecule has 0 unspecified atom stereocenters. The van der Waals surface area contributed by atoms with E-state index in [0.29, 0.717) is 0 Å². The van der Waals surface area contributed by atoms with Crippen LogP contribution >= 0.6 is 12.4 Å². The number of hydrogen-bond acceptors (Lipinski definition) is 4. The third-order valence-electron chi connectivity index (χ3n) is 2.58. The van der Waals surface area contributed by atoms with Gasteiger partial charge in [0.2, 0.25) is 0 Å². The summed E-state index contributed by atoms with van der Waals surface area (Å²) in [5.41, 5.74) is 2.18. The fourth-order valence-corrected chi connectivity index (χ4v) is 1.67. The highest BCUT2D eigenvalue weighted by atomic mass is 35.5. The van der Waals surface area contributed by atoms with Crippen LogP contribution in [-0.4, -0.2) is 21.7 Å². The number of imidazole rings is 1. The third kappa shape index (κ3) is 3.57. The van der Waals surface area contributed by atoms with E-state index >= 15 is 0 Å². The highest BCUT2D eigenvalue weighted by Gasteiger charge is 2.07. The van der Waals surface area contributed by atoms with Crippen molar-refractivity contribution in [2.24, 2.45) is 0 Å². The van der Waals surface area contributed by atoms with Gasteiger partial charge in [0.1, 0.15) is 11.6 Å². The fraction of sp³-hybridized carbons (Fsp3) is 0.455. The van der Waals surface area contributed by atoms with E-state index in [1.165, 1.54) is 5.56 Å². The lowest BCUT2D eigenvalue weighted by atomic mass is 10.1. The summed E-state index contributed by atoms with van der Waals surface area (Å²) < 4.78 is 5.10. The standard InChI is InChI=1S/C11H16N4O.ClH/c1-8-10(9(2)16-15-8)3-4-12-7-11-13-5-6-14-11;/h5-6,12H,3-4,7H2,1-2H3,(H,13,14);1H. The van der Waals surface area contributed by atoms with Gasteiger partial charge in [0, 0.05) is 18.0 Å². The van der Waals surface area contributed by atoms with Crippen molar-refractivity contribution in [2.75, 3.05) is 6.54 Å². The van der Waals surface area contributed by atoms with Gasteiger partial charge in [-0.2, -0.15) is 0 Å². The number of rotatable bonds is 5. The first kappa shape index (κ1) is 13.7. The number of aryl methyl sites for hydroxylation is 2. The van der Waals surface area contributed by atoms with Gasteiger partial charge in [0.15, 0.2) is 0 Å². The molecule has 0 atom stereocenters. The first-order valence-electron chi connectivity index (χ1n) is 5.38. The zero-order valence-corrected chi connectivity index (χ0v) is 10.8. The lowest BCUT2D eigenvalue weighted by molar-refractivity contribution is 0.392. The highest BCUT2D eigenvalue weighted by molar-refractivity contribution is 5.85. The van der Waals surface area contributed by atoms with E-state index in [0.717, 1.165) is 36.8 Å². The van der Waals surface area contributed by atoms with E-state index in [4.69, 9.17) is 4.52 Å². The Labute approximate surface area is 106 Å². The molecule has 2 aromatic heterocycles. The van der Waals surface area contributed by atoms with E-state index in [9.17, 15) is 0 Å². The molecule has 2 N–H and O–H groups in total. The van der Waals surface area contributed by atoms with Crippen LogP contribution in [0.3, 0.4) is 0 Å². The lowest BCUT2D eigenvalue weighted by Crippen LogP contribution is -2.17. The van der Waals surface area contributed by atoms with Gasteiger partial charge in [-0.05, 0) is 26.8 Å². The summed E-state index contributed by atoms with van der Waals surface area (Å²) in [5.74, 6) is 1.87. The van der Waals surface area contributed by atoms with Crippen molar-refractivity contribution in [3.05, 3.63) is 35.2 Å². The van der Waals surface area contributed by atoms with E-state index in [2.05, 4.69) is 20.4 Å². The van der Waals surface area contributed by atoms with Crippen LogP contribution < -0.4 is 5.32 Å². The second-order valence-corrected chi connectivity index (χ2v) is 3.77. The van der Waals surface area contributed by atoms with Gasteiger partial charge in [-0.15, -0.1) is 12.4 Å². The van der Waals surface area contributed by atoms with Crippen molar-refractivity contribution in [1.82, 2.24) is 20.4 Å². The highest BCUT2D eigenvalue weighted by Crippen LogP contribution is 2.11. The summed E-state index contributed by atoms with van der Waals surface area (Å²) in [4.78, 5) is 7.19. The van der Waals surface area contributed by atoms with E-state index < -0.39 is 0 Å². The summed E-state index contributed by atoms with van der Waals surface area (Å²) in [5, 5.41) is 7.24. The summed E-state index contributed by atoms with van der Waals surface area (Å²) >= 11 is 0. The Bertz CT molecular complexity index is 419. The van der Waals surface area contributed by atoms with Crippen molar-refractivity contribution >= 4 is 12.4 Å². The molecule has 0 aliphatic heterocycles. The first-order valence-corrected chi connectivity index (χ1v) is 5.38. The van der Waals surface area contributed by atoms with Crippen molar-refractivity contribution in [1.29, 1.82) is 0 Å². The molecule has 0 radical (unpaired) electrons. The van der Waals surface area contributed by atoms with Crippen molar-refractivity contribution < 1.29 is 4.52 Å². The minimum absolute atomic E-state index is 0. The molecule has 0 aliphatic carbocycles. The summed E-state index contributed by atoms with van der Waals surface area (Å²) in [6, 6.07) is 0. The van der Waals surface area contributed by atoms with Crippen LogP contribution in [0.1, 0.15) is 22.8 Å². The number of nitrogens with one attached hydrogen (secondary N) is 2. The van der Waals surface area contributed by atoms with Gasteiger partial charge in [0.25, 0.3) is 0 Å². The average molecular weight is 257 g/mol. The fourth-order valence-electron chi connectivity index (χ4n) is 1.67. The number of aromatic nitrogens is 3. The Morgan fingerprint density at radius 1 is 1.41 bits per heavy atom. The van der Waals surface area contributed by atoms with Crippen molar-refractivity contribution in [3.63, 3.8) is 0 Å². The van der Waals surface area contributed by atoms with E-state index in [1.807, 2.05) is 20.0 Å². The van der Waals surface area contributed by atoms with Crippen LogP contribution in [0.25, 0.3) is 0 Å². The molecule has 94 valence electrons. The Morgan fingerprint density at radius 3 is 2.82 bits per heavy atom. The molecular formula is C11H17ClN4O. The molecule has 0 aliphatic rings. The smallest absolute Gasteiger partial charge is 0.137 e. The SMILES string of the molecule is Cc1noc(C)c1CCNCc1ncc[nH]1.Cl. The Kier molecular flexibility index (Phi) is 5.18. The maximum absolute atomic E-state index is 5.10. The minimum atomic E-state index is 0. The molecule has 0 saturated carbocycles. The molecule has 17 heavy (non-hydrogen) atoms. The first-order chi connectivity index (χ1) is 7.77. The number of hydrogen-bond donors (Lipinski definition) is 2. The maximum Gasteiger partial charge on any atom is 0.137 e. The van der Waals surface area contributed by atoms with Crippen LogP contribution in [0.4, 0.5) is 0 Å². The lowest BCUT2D eigenvalue weighted by Gasteiger charge is -2.02. The monoisotopic (exact) mass is 256 g/mol. The van der Waals surface area contributed by atoms with Crippen LogP contribution in [0.15, 0.2) is 16.9 Å². The largest absolute Gasteiger partial charge is 0.361 e. The third-order valence-corrected chi connectivity index (χ3v) is 2.58. The van der Waals surface area contributed by atoms with Crippen LogP contribution in [0, 0.1) is 13.8 Å². The molecule has 0 fully saturated rings. The van der Waals surface area contributed by atoms with Gasteiger partial charge < -0.3 is 14.8 Å². The zero-order chi connectivity index (χ0) is 11.4. The molecule has 0 aromatic carbocycles. The Balaban J connectivity index is 0.00000144. The Hall–Kier alpha value is -1.33. The van der Waals surface area contributed by atoms with Gasteiger partial charge in [-0.3, -0.25) is 0 Å². The normalized spacial score (nSPS) is 10.2. The number of nitrogens with zero attached hydrogens (tertiary/aromatic N) is 2. The second-order valence-electron chi connectivity index (χ2n) is 3.77. The van der Waals surface area contributed by atoms with Crippen LogP contribution in [-0.2, 0) is 13.0 Å².